The lowest BCUT2D eigenvalue weighted by Gasteiger charge is -1.74. The van der Waals surface area contributed by atoms with E-state index in [0.29, 0.717) is 0 Å². The van der Waals surface area contributed by atoms with Crippen LogP contribution in [0.5, 0.6) is 0 Å². The number of amides is 1. The first-order chi connectivity index (χ1) is 4.22. The molecule has 0 unspecified atom stereocenters. The van der Waals surface area contributed by atoms with E-state index in [1.165, 1.54) is 0 Å². The highest BCUT2D eigenvalue weighted by Crippen LogP contribution is 1.76. The number of nitrogens with two attached hydrogens (primary N) is 1. The predicted octanol–water partition coefficient (Wildman–Crippen LogP) is -1.54. The number of primary amides is 1. The maximum atomic E-state index is 10.3. The molecular formula is C3H3N3O3. The molecule has 0 fully saturated rings. The minimum Gasteiger partial charge on any atom is -0.364 e. The van der Waals surface area contributed by atoms with Crippen LogP contribution in [0.3, 0.4) is 0 Å². The number of aromatic nitrogens is 2. The second kappa shape index (κ2) is 1.73. The molecular weight excluding hydrogens is 126 g/mol. The highest BCUT2D eigenvalue weighted by molar-refractivity contribution is 5.89. The van der Waals surface area contributed by atoms with Crippen LogP contribution in [0.25, 0.3) is 0 Å². The maximum absolute atomic E-state index is 10.3. The number of nitrogens with one attached hydrogen (secondary N) is 1. The molecule has 0 aliphatic carbocycles. The normalized spacial score (nSPS) is 9.33. The Morgan fingerprint density at radius 2 is 2.44 bits per heavy atom. The van der Waals surface area contributed by atoms with E-state index in [0.717, 1.165) is 0 Å². The van der Waals surface area contributed by atoms with Gasteiger partial charge < -0.3 is 10.3 Å². The molecule has 3 N–H and O–H groups in total. The third-order valence-electron chi connectivity index (χ3n) is 0.723. The molecule has 1 aromatic heterocycles. The summed E-state index contributed by atoms with van der Waals surface area (Å²) in [5.74, 6) is -0.898. The van der Waals surface area contributed by atoms with Gasteiger partial charge in [0.1, 0.15) is 0 Å². The van der Waals surface area contributed by atoms with Crippen LogP contribution >= 0.6 is 0 Å². The zero-order valence-electron chi connectivity index (χ0n) is 4.25. The summed E-state index contributed by atoms with van der Waals surface area (Å²) in [7, 11) is 0. The van der Waals surface area contributed by atoms with Crippen molar-refractivity contribution in [3.63, 3.8) is 0 Å². The summed E-state index contributed by atoms with van der Waals surface area (Å²) in [5.41, 5.74) is 3.43. The molecule has 0 atom stereocenters. The standard InChI is InChI=1S/C3H3N3O3/c4-2(7)1-3(8)9-6-5-1/h6H,(H2,4,7). The molecule has 6 heteroatoms. The van der Waals surface area contributed by atoms with Crippen molar-refractivity contribution in [1.82, 2.24) is 10.4 Å². The lowest BCUT2D eigenvalue weighted by molar-refractivity contribution is 0.0994. The van der Waals surface area contributed by atoms with Crippen LogP contribution in [-0.2, 0) is 0 Å². The number of aromatic amines is 1. The number of hydrogen-bond donors (Lipinski definition) is 2. The van der Waals surface area contributed by atoms with Crippen LogP contribution in [-0.4, -0.2) is 16.3 Å². The van der Waals surface area contributed by atoms with Gasteiger partial charge in [-0.25, -0.2) is 4.79 Å². The lowest BCUT2D eigenvalue weighted by Crippen LogP contribution is -2.19. The van der Waals surface area contributed by atoms with Gasteiger partial charge in [-0.1, -0.05) is 0 Å². The van der Waals surface area contributed by atoms with Crippen LogP contribution in [0.2, 0.25) is 0 Å². The molecule has 1 aromatic rings. The number of H-pyrrole nitrogens is 1. The van der Waals surface area contributed by atoms with Crippen molar-refractivity contribution in [2.24, 2.45) is 5.73 Å². The molecule has 9 heavy (non-hydrogen) atoms. The van der Waals surface area contributed by atoms with E-state index in [9.17, 15) is 9.59 Å². The molecule has 6 nitrogen and oxygen atoms in total. The van der Waals surface area contributed by atoms with Crippen molar-refractivity contribution in [3.8, 4) is 0 Å². The molecule has 0 bridgehead atoms. The van der Waals surface area contributed by atoms with Crippen molar-refractivity contribution in [2.45, 2.75) is 0 Å². The topological polar surface area (TPSA) is 102 Å². The number of nitrogens with zero attached hydrogens (tertiary/aromatic N) is 1. The van der Waals surface area contributed by atoms with Gasteiger partial charge in [0, 0.05) is 0 Å². The van der Waals surface area contributed by atoms with Crippen molar-refractivity contribution >= 4 is 5.91 Å². The summed E-state index contributed by atoms with van der Waals surface area (Å²) >= 11 is 0. The first kappa shape index (κ1) is 5.54. The van der Waals surface area contributed by atoms with Gasteiger partial charge in [0.05, 0.1) is 0 Å². The number of carbonyl (C=O) groups is 1. The van der Waals surface area contributed by atoms with Crippen LogP contribution in [0.4, 0.5) is 0 Å². The minimum atomic E-state index is -0.898. The summed E-state index contributed by atoms with van der Waals surface area (Å²) < 4.78 is 4.03. The molecule has 0 aliphatic rings. The van der Waals surface area contributed by atoms with Crippen molar-refractivity contribution in [2.75, 3.05) is 0 Å². The van der Waals surface area contributed by atoms with Gasteiger partial charge >= 0.3 is 5.63 Å². The van der Waals surface area contributed by atoms with E-state index in [-0.39, 0.29) is 0 Å². The predicted molar refractivity (Wildman–Crippen MR) is 25.6 cm³/mol. The van der Waals surface area contributed by atoms with Crippen LogP contribution in [0.15, 0.2) is 9.32 Å². The summed E-state index contributed by atoms with van der Waals surface area (Å²) in [4.78, 5) is 20.5. The fourth-order valence-corrected chi connectivity index (χ4v) is 0.360. The maximum Gasteiger partial charge on any atom is 0.390 e. The summed E-state index contributed by atoms with van der Waals surface area (Å²) in [5, 5.41) is 4.98. The monoisotopic (exact) mass is 129 g/mol. The second-order valence-electron chi connectivity index (χ2n) is 1.31. The molecule has 0 aliphatic heterocycles. The lowest BCUT2D eigenvalue weighted by atomic mass is 10.5. The Morgan fingerprint density at radius 3 is 2.67 bits per heavy atom. The zero-order valence-corrected chi connectivity index (χ0v) is 4.25. The molecule has 1 amide bonds. The first-order valence-corrected chi connectivity index (χ1v) is 2.05. The van der Waals surface area contributed by atoms with Gasteiger partial charge in [0.15, 0.2) is 0 Å². The summed E-state index contributed by atoms with van der Waals surface area (Å²) in [6, 6.07) is 0. The van der Waals surface area contributed by atoms with Crippen LogP contribution < -0.4 is 11.4 Å². The molecule has 0 aromatic carbocycles. The highest BCUT2D eigenvalue weighted by Gasteiger charge is 2.09. The third kappa shape index (κ3) is 0.809. The zero-order chi connectivity index (χ0) is 6.85. The van der Waals surface area contributed by atoms with E-state index in [4.69, 9.17) is 0 Å². The Kier molecular flexibility index (Phi) is 1.07. The fourth-order valence-electron chi connectivity index (χ4n) is 0.360. The van der Waals surface area contributed by atoms with Crippen LogP contribution in [0.1, 0.15) is 10.5 Å². The molecule has 0 radical (unpaired) electrons. The van der Waals surface area contributed by atoms with Gasteiger partial charge in [-0.15, -0.1) is 10.4 Å². The van der Waals surface area contributed by atoms with Gasteiger partial charge in [0.25, 0.3) is 5.91 Å². The summed E-state index contributed by atoms with van der Waals surface area (Å²) in [6.07, 6.45) is 0. The Labute approximate surface area is 48.6 Å². The average Bonchev–Trinajstić information content (AvgIpc) is 2.13. The Bertz CT molecular complexity index is 272. The van der Waals surface area contributed by atoms with E-state index >= 15 is 0 Å². The fraction of sp³-hybridized carbons (Fsp3) is 0. The van der Waals surface area contributed by atoms with Gasteiger partial charge in [-0.3, -0.25) is 4.79 Å². The van der Waals surface area contributed by atoms with Crippen molar-refractivity contribution in [3.05, 3.63) is 16.1 Å². The Morgan fingerprint density at radius 1 is 1.78 bits per heavy atom. The Balaban J connectivity index is 3.24. The smallest absolute Gasteiger partial charge is 0.364 e. The van der Waals surface area contributed by atoms with E-state index in [2.05, 4.69) is 15.4 Å². The van der Waals surface area contributed by atoms with Crippen molar-refractivity contribution in [1.29, 1.82) is 0 Å². The van der Waals surface area contributed by atoms with Crippen molar-refractivity contribution < 1.29 is 9.32 Å². The molecule has 0 saturated carbocycles. The third-order valence-corrected chi connectivity index (χ3v) is 0.723. The molecule has 0 saturated heterocycles. The number of hydrogen-bond acceptors (Lipinski definition) is 4. The SMILES string of the molecule is NC(=O)c1n[nH]oc1=O. The highest BCUT2D eigenvalue weighted by atomic mass is 16.5. The first-order valence-electron chi connectivity index (χ1n) is 2.05. The summed E-state index contributed by atoms with van der Waals surface area (Å²) in [6.45, 7) is 0. The van der Waals surface area contributed by atoms with Gasteiger partial charge in [-0.05, 0) is 0 Å². The molecule has 1 rings (SSSR count). The minimum absolute atomic E-state index is 0.407. The van der Waals surface area contributed by atoms with E-state index in [1.807, 2.05) is 5.27 Å². The van der Waals surface area contributed by atoms with Gasteiger partial charge in [-0.2, -0.15) is 0 Å². The number of carbonyl (C=O) groups excluding carboxylic acids is 1. The molecule has 48 valence electrons. The largest absolute Gasteiger partial charge is 0.390 e. The quantitative estimate of drug-likeness (QED) is 0.479. The second-order valence-corrected chi connectivity index (χ2v) is 1.31. The van der Waals surface area contributed by atoms with Crippen LogP contribution in [0, 0.1) is 0 Å². The van der Waals surface area contributed by atoms with E-state index < -0.39 is 17.2 Å². The Hall–Kier alpha value is -1.59. The number of rotatable bonds is 1. The van der Waals surface area contributed by atoms with Gasteiger partial charge in [0.2, 0.25) is 5.69 Å². The molecule has 0 spiro atoms. The average molecular weight is 129 g/mol. The van der Waals surface area contributed by atoms with E-state index in [1.54, 1.807) is 0 Å². The molecule has 1 heterocycles.